The summed E-state index contributed by atoms with van der Waals surface area (Å²) in [6.07, 6.45) is -0.353. The fraction of sp³-hybridized carbons (Fsp3) is 0.562. The van der Waals surface area contributed by atoms with Crippen LogP contribution in [0.1, 0.15) is 43.9 Å². The lowest BCUT2D eigenvalue weighted by atomic mass is 9.94. The van der Waals surface area contributed by atoms with Gasteiger partial charge in [-0.1, -0.05) is 19.9 Å². The number of carboxylic acid groups (broad SMARTS) is 1. The second kappa shape index (κ2) is 8.00. The normalized spacial score (nSPS) is 14.0. The van der Waals surface area contributed by atoms with Gasteiger partial charge in [-0.25, -0.2) is 0 Å². The molecule has 0 aliphatic rings. The van der Waals surface area contributed by atoms with E-state index in [9.17, 15) is 9.90 Å². The molecule has 1 aromatic carbocycles. The summed E-state index contributed by atoms with van der Waals surface area (Å²) in [5.74, 6) is -0.119. The van der Waals surface area contributed by atoms with E-state index in [0.717, 1.165) is 16.9 Å². The number of aliphatic hydroxyl groups is 1. The van der Waals surface area contributed by atoms with E-state index < -0.39 is 12.1 Å². The Morgan fingerprint density at radius 3 is 2.52 bits per heavy atom. The molecule has 0 saturated heterocycles. The molecule has 0 aliphatic heterocycles. The van der Waals surface area contributed by atoms with Crippen LogP contribution < -0.4 is 10.1 Å². The molecule has 1 rings (SSSR count). The van der Waals surface area contributed by atoms with Gasteiger partial charge in [0.05, 0.1) is 13.2 Å². The van der Waals surface area contributed by atoms with E-state index in [-0.39, 0.29) is 18.5 Å². The number of aliphatic hydroxyl groups excluding tert-OH is 1. The molecule has 3 N–H and O–H groups in total. The molecule has 0 heterocycles. The number of rotatable bonds is 8. The Hall–Kier alpha value is -1.59. The second-order valence-electron chi connectivity index (χ2n) is 5.53. The molecule has 2 atom stereocenters. The molecule has 118 valence electrons. The summed E-state index contributed by atoms with van der Waals surface area (Å²) >= 11 is 0. The van der Waals surface area contributed by atoms with Crippen LogP contribution in [0, 0.1) is 6.92 Å². The van der Waals surface area contributed by atoms with Gasteiger partial charge >= 0.3 is 5.97 Å². The van der Waals surface area contributed by atoms with Crippen LogP contribution in [-0.2, 0) is 4.79 Å². The zero-order valence-corrected chi connectivity index (χ0v) is 13.1. The van der Waals surface area contributed by atoms with Gasteiger partial charge < -0.3 is 20.3 Å². The van der Waals surface area contributed by atoms with Crippen molar-refractivity contribution in [2.45, 2.75) is 51.8 Å². The zero-order chi connectivity index (χ0) is 16.0. The third kappa shape index (κ3) is 5.36. The van der Waals surface area contributed by atoms with Crippen LogP contribution in [0.4, 0.5) is 0 Å². The third-order valence-electron chi connectivity index (χ3n) is 3.39. The van der Waals surface area contributed by atoms with Crippen molar-refractivity contribution < 1.29 is 19.7 Å². The highest BCUT2D eigenvalue weighted by Crippen LogP contribution is 2.26. The van der Waals surface area contributed by atoms with Gasteiger partial charge in [0.15, 0.2) is 0 Å². The molecule has 0 saturated carbocycles. The van der Waals surface area contributed by atoms with Crippen molar-refractivity contribution in [1.82, 2.24) is 5.32 Å². The number of methoxy groups -OCH3 is 1. The summed E-state index contributed by atoms with van der Waals surface area (Å²) in [4.78, 5) is 10.8. The monoisotopic (exact) mass is 295 g/mol. The van der Waals surface area contributed by atoms with Gasteiger partial charge in [0.1, 0.15) is 5.75 Å². The van der Waals surface area contributed by atoms with Gasteiger partial charge in [-0.2, -0.15) is 0 Å². The van der Waals surface area contributed by atoms with E-state index in [0.29, 0.717) is 6.42 Å². The number of hydrogen-bond donors (Lipinski definition) is 3. The first-order chi connectivity index (χ1) is 9.85. The lowest BCUT2D eigenvalue weighted by Gasteiger charge is -2.27. The van der Waals surface area contributed by atoms with E-state index >= 15 is 0 Å². The van der Waals surface area contributed by atoms with Crippen molar-refractivity contribution in [2.24, 2.45) is 0 Å². The summed E-state index contributed by atoms with van der Waals surface area (Å²) < 4.78 is 5.16. The molecule has 0 spiro atoms. The molecule has 1 aromatic rings. The Bertz CT molecular complexity index is 473. The summed E-state index contributed by atoms with van der Waals surface area (Å²) in [7, 11) is 1.60. The topological polar surface area (TPSA) is 78.8 Å². The van der Waals surface area contributed by atoms with Crippen LogP contribution in [0.3, 0.4) is 0 Å². The summed E-state index contributed by atoms with van der Waals surface area (Å²) in [6, 6.07) is 5.36. The molecule has 21 heavy (non-hydrogen) atoms. The number of aryl methyl sites for hydroxylation is 1. The zero-order valence-electron chi connectivity index (χ0n) is 13.1. The Morgan fingerprint density at radius 1 is 1.38 bits per heavy atom. The lowest BCUT2D eigenvalue weighted by Crippen LogP contribution is -2.40. The predicted octanol–water partition coefficient (Wildman–Crippen LogP) is 2.27. The van der Waals surface area contributed by atoms with Crippen molar-refractivity contribution in [3.05, 3.63) is 29.3 Å². The average Bonchev–Trinajstić information content (AvgIpc) is 2.42. The molecular weight excluding hydrogens is 270 g/mol. The first-order valence-electron chi connectivity index (χ1n) is 7.15. The van der Waals surface area contributed by atoms with Crippen molar-refractivity contribution in [3.63, 3.8) is 0 Å². The Labute approximate surface area is 125 Å². The third-order valence-corrected chi connectivity index (χ3v) is 3.39. The second-order valence-corrected chi connectivity index (χ2v) is 5.53. The fourth-order valence-corrected chi connectivity index (χ4v) is 2.36. The Kier molecular flexibility index (Phi) is 6.65. The summed E-state index contributed by atoms with van der Waals surface area (Å²) in [5.41, 5.74) is 1.71. The van der Waals surface area contributed by atoms with Gasteiger partial charge in [-0.3, -0.25) is 4.79 Å². The van der Waals surface area contributed by atoms with E-state index in [1.165, 1.54) is 0 Å². The molecule has 0 aromatic heterocycles. The molecule has 0 radical (unpaired) electrons. The number of hydrogen-bond acceptors (Lipinski definition) is 4. The molecular formula is C16H25NO4. The van der Waals surface area contributed by atoms with Crippen molar-refractivity contribution in [2.75, 3.05) is 7.11 Å². The van der Waals surface area contributed by atoms with Gasteiger partial charge in [-0.05, 0) is 36.6 Å². The first-order valence-corrected chi connectivity index (χ1v) is 7.15. The maximum absolute atomic E-state index is 10.8. The standard InChI is InChI=1S/C16H25NO4/c1-10(2)17-14(7-8-15(18)19)16(20)13-6-5-12(21-4)9-11(13)3/h5-6,9-10,14,16-17,20H,7-8H2,1-4H3,(H,18,19). The van der Waals surface area contributed by atoms with E-state index in [2.05, 4.69) is 5.32 Å². The molecule has 0 aliphatic carbocycles. The Balaban J connectivity index is 2.92. The lowest BCUT2D eigenvalue weighted by molar-refractivity contribution is -0.137. The van der Waals surface area contributed by atoms with Crippen molar-refractivity contribution in [1.29, 1.82) is 0 Å². The van der Waals surface area contributed by atoms with Gasteiger partial charge in [0.2, 0.25) is 0 Å². The van der Waals surface area contributed by atoms with Crippen molar-refractivity contribution in [3.8, 4) is 5.75 Å². The number of carbonyl (C=O) groups is 1. The van der Waals surface area contributed by atoms with Gasteiger partial charge in [-0.15, -0.1) is 0 Å². The fourth-order valence-electron chi connectivity index (χ4n) is 2.36. The van der Waals surface area contributed by atoms with Crippen LogP contribution >= 0.6 is 0 Å². The van der Waals surface area contributed by atoms with Crippen molar-refractivity contribution >= 4 is 5.97 Å². The number of ether oxygens (including phenoxy) is 1. The quantitative estimate of drug-likeness (QED) is 0.685. The summed E-state index contributed by atoms with van der Waals surface area (Å²) in [5, 5.41) is 22.7. The highest BCUT2D eigenvalue weighted by molar-refractivity contribution is 5.66. The van der Waals surface area contributed by atoms with Gasteiger partial charge in [0, 0.05) is 18.5 Å². The maximum Gasteiger partial charge on any atom is 0.303 e. The first kappa shape index (κ1) is 17.5. The molecule has 0 fully saturated rings. The van der Waals surface area contributed by atoms with Crippen LogP contribution in [0.25, 0.3) is 0 Å². The molecule has 0 amide bonds. The predicted molar refractivity (Wildman–Crippen MR) is 81.6 cm³/mol. The number of carboxylic acids is 1. The summed E-state index contributed by atoms with van der Waals surface area (Å²) in [6.45, 7) is 5.85. The molecule has 0 bridgehead atoms. The van der Waals surface area contributed by atoms with Gasteiger partial charge in [0.25, 0.3) is 0 Å². The number of nitrogens with one attached hydrogen (secondary N) is 1. The highest BCUT2D eigenvalue weighted by atomic mass is 16.5. The maximum atomic E-state index is 10.8. The number of benzene rings is 1. The minimum absolute atomic E-state index is 0.0245. The molecule has 2 unspecified atom stereocenters. The minimum Gasteiger partial charge on any atom is -0.497 e. The van der Waals surface area contributed by atoms with E-state index in [1.807, 2.05) is 32.9 Å². The SMILES string of the molecule is COc1ccc(C(O)C(CCC(=O)O)NC(C)C)c(C)c1. The van der Waals surface area contributed by atoms with Crippen LogP contribution in [-0.4, -0.2) is 35.4 Å². The Morgan fingerprint density at radius 2 is 2.05 bits per heavy atom. The van der Waals surface area contributed by atoms with E-state index in [4.69, 9.17) is 9.84 Å². The minimum atomic E-state index is -0.857. The van der Waals surface area contributed by atoms with Crippen LogP contribution in [0.5, 0.6) is 5.75 Å². The van der Waals surface area contributed by atoms with Crippen LogP contribution in [0.15, 0.2) is 18.2 Å². The number of aliphatic carboxylic acids is 1. The smallest absolute Gasteiger partial charge is 0.303 e. The van der Waals surface area contributed by atoms with Crippen LogP contribution in [0.2, 0.25) is 0 Å². The average molecular weight is 295 g/mol. The van der Waals surface area contributed by atoms with E-state index in [1.54, 1.807) is 13.2 Å². The molecule has 5 nitrogen and oxygen atoms in total. The largest absolute Gasteiger partial charge is 0.497 e. The molecule has 5 heteroatoms. The highest BCUT2D eigenvalue weighted by Gasteiger charge is 2.23.